The Morgan fingerprint density at radius 3 is 2.50 bits per heavy atom. The fraction of sp³-hybridized carbons (Fsp3) is 0.533. The van der Waals surface area contributed by atoms with Crippen molar-refractivity contribution >= 4 is 17.8 Å². The predicted octanol–water partition coefficient (Wildman–Crippen LogP) is 2.88. The molecule has 2 N–H and O–H groups in total. The molecule has 0 aliphatic heterocycles. The smallest absolute Gasteiger partial charge is 0.317 e. The molecule has 20 heavy (non-hydrogen) atoms. The summed E-state index contributed by atoms with van der Waals surface area (Å²) < 4.78 is 0. The first-order valence-corrected chi connectivity index (χ1v) is 8.00. The van der Waals surface area contributed by atoms with Crippen LogP contribution < -0.4 is 5.32 Å². The van der Waals surface area contributed by atoms with E-state index < -0.39 is 0 Å². The van der Waals surface area contributed by atoms with Gasteiger partial charge in [0.25, 0.3) is 0 Å². The molecule has 0 spiro atoms. The Morgan fingerprint density at radius 2 is 2.00 bits per heavy atom. The molecule has 0 aliphatic rings. The Labute approximate surface area is 125 Å². The molecule has 0 aromatic heterocycles. The van der Waals surface area contributed by atoms with Gasteiger partial charge in [0.15, 0.2) is 0 Å². The highest BCUT2D eigenvalue weighted by Crippen LogP contribution is 2.20. The molecule has 1 rings (SSSR count). The zero-order chi connectivity index (χ0) is 15.0. The van der Waals surface area contributed by atoms with E-state index in [2.05, 4.69) is 24.4 Å². The molecule has 0 saturated carbocycles. The van der Waals surface area contributed by atoms with E-state index in [9.17, 15) is 4.79 Å². The number of rotatable bonds is 7. The minimum Gasteiger partial charge on any atom is -0.395 e. The Kier molecular flexibility index (Phi) is 7.47. The Balaban J connectivity index is 2.60. The number of amides is 2. The van der Waals surface area contributed by atoms with Crippen LogP contribution in [-0.4, -0.2) is 41.5 Å². The minimum absolute atomic E-state index is 0.0153. The van der Waals surface area contributed by atoms with Crippen molar-refractivity contribution < 1.29 is 9.90 Å². The van der Waals surface area contributed by atoms with Gasteiger partial charge in [0, 0.05) is 18.0 Å². The average molecular weight is 296 g/mol. The number of hydrogen-bond donors (Lipinski definition) is 2. The number of aliphatic hydroxyl groups excluding tert-OH is 1. The lowest BCUT2D eigenvalue weighted by Crippen LogP contribution is -2.42. The van der Waals surface area contributed by atoms with Crippen LogP contribution >= 0.6 is 11.8 Å². The Morgan fingerprint density at radius 1 is 1.35 bits per heavy atom. The van der Waals surface area contributed by atoms with Gasteiger partial charge in [0.1, 0.15) is 0 Å². The van der Waals surface area contributed by atoms with E-state index in [1.165, 1.54) is 4.90 Å². The molecule has 0 heterocycles. The van der Waals surface area contributed by atoms with Crippen molar-refractivity contribution in [2.24, 2.45) is 0 Å². The second-order valence-corrected chi connectivity index (χ2v) is 5.81. The van der Waals surface area contributed by atoms with Crippen molar-refractivity contribution in [1.82, 2.24) is 10.2 Å². The van der Waals surface area contributed by atoms with Crippen molar-refractivity contribution in [3.8, 4) is 0 Å². The molecule has 0 bridgehead atoms. The van der Waals surface area contributed by atoms with Gasteiger partial charge in [0.05, 0.1) is 12.6 Å². The Bertz CT molecular complexity index is 409. The maximum absolute atomic E-state index is 12.0. The van der Waals surface area contributed by atoms with Gasteiger partial charge in [-0.15, -0.1) is 11.8 Å². The molecule has 0 saturated heterocycles. The van der Waals surface area contributed by atoms with Crippen LogP contribution in [-0.2, 0) is 0 Å². The van der Waals surface area contributed by atoms with Gasteiger partial charge in [-0.1, -0.05) is 19.1 Å². The molecule has 1 unspecified atom stereocenters. The van der Waals surface area contributed by atoms with E-state index in [1.807, 2.05) is 26.0 Å². The van der Waals surface area contributed by atoms with Gasteiger partial charge in [0.2, 0.25) is 0 Å². The first kappa shape index (κ1) is 16.9. The van der Waals surface area contributed by atoms with E-state index in [0.29, 0.717) is 13.1 Å². The third-order valence-electron chi connectivity index (χ3n) is 3.07. The van der Waals surface area contributed by atoms with Gasteiger partial charge in [-0.3, -0.25) is 0 Å². The van der Waals surface area contributed by atoms with Crippen LogP contribution in [0.1, 0.15) is 32.4 Å². The number of nitrogens with zero attached hydrogens (tertiary/aromatic N) is 1. The number of nitrogens with one attached hydrogen (secondary N) is 1. The summed E-state index contributed by atoms with van der Waals surface area (Å²) in [5.41, 5.74) is 1.08. The van der Waals surface area contributed by atoms with Gasteiger partial charge in [-0.2, -0.15) is 0 Å². The van der Waals surface area contributed by atoms with Gasteiger partial charge >= 0.3 is 6.03 Å². The molecule has 0 radical (unpaired) electrons. The second-order valence-electron chi connectivity index (χ2n) is 4.48. The highest BCUT2D eigenvalue weighted by molar-refractivity contribution is 7.99. The molecular weight excluding hydrogens is 272 g/mol. The van der Waals surface area contributed by atoms with E-state index in [4.69, 9.17) is 5.11 Å². The predicted molar refractivity (Wildman–Crippen MR) is 84.1 cm³/mol. The van der Waals surface area contributed by atoms with Crippen molar-refractivity contribution in [2.45, 2.75) is 31.7 Å². The standard InChI is InChI=1S/C15H24N2O2S/c1-4-17(10-11-18)15(19)16-12(3)13-6-8-14(9-7-13)20-5-2/h6-9,12,18H,4-5,10-11H2,1-3H3,(H,16,19). The van der Waals surface area contributed by atoms with Crippen molar-refractivity contribution in [3.63, 3.8) is 0 Å². The van der Waals surface area contributed by atoms with Gasteiger partial charge in [-0.25, -0.2) is 4.79 Å². The molecule has 2 amide bonds. The maximum atomic E-state index is 12.0. The molecule has 4 nitrogen and oxygen atoms in total. The summed E-state index contributed by atoms with van der Waals surface area (Å²) in [7, 11) is 0. The molecule has 112 valence electrons. The summed E-state index contributed by atoms with van der Waals surface area (Å²) in [4.78, 5) is 14.9. The SMILES string of the molecule is CCSc1ccc(C(C)NC(=O)N(CC)CCO)cc1. The topological polar surface area (TPSA) is 52.6 Å². The fourth-order valence-corrected chi connectivity index (χ4v) is 2.57. The zero-order valence-electron chi connectivity index (χ0n) is 12.4. The number of carbonyl (C=O) groups excluding carboxylic acids is 1. The highest BCUT2D eigenvalue weighted by Gasteiger charge is 2.14. The van der Waals surface area contributed by atoms with Crippen LogP contribution in [0.15, 0.2) is 29.2 Å². The zero-order valence-corrected chi connectivity index (χ0v) is 13.2. The summed E-state index contributed by atoms with van der Waals surface area (Å²) in [5.74, 6) is 1.05. The average Bonchev–Trinajstić information content (AvgIpc) is 2.45. The molecule has 1 atom stereocenters. The van der Waals surface area contributed by atoms with Crippen LogP contribution in [0.2, 0.25) is 0 Å². The van der Waals surface area contributed by atoms with Crippen LogP contribution in [0.4, 0.5) is 4.79 Å². The van der Waals surface area contributed by atoms with Gasteiger partial charge in [-0.05, 0) is 37.3 Å². The molecule has 0 fully saturated rings. The van der Waals surface area contributed by atoms with Crippen LogP contribution in [0.5, 0.6) is 0 Å². The summed E-state index contributed by atoms with van der Waals surface area (Å²) in [5, 5.41) is 11.9. The van der Waals surface area contributed by atoms with Gasteiger partial charge < -0.3 is 15.3 Å². The van der Waals surface area contributed by atoms with Crippen molar-refractivity contribution in [1.29, 1.82) is 0 Å². The number of hydrogen-bond acceptors (Lipinski definition) is 3. The number of aliphatic hydroxyl groups is 1. The quantitative estimate of drug-likeness (QED) is 0.761. The van der Waals surface area contributed by atoms with E-state index in [1.54, 1.807) is 16.7 Å². The lowest BCUT2D eigenvalue weighted by atomic mass is 10.1. The lowest BCUT2D eigenvalue weighted by molar-refractivity contribution is 0.178. The highest BCUT2D eigenvalue weighted by atomic mass is 32.2. The summed E-state index contributed by atoms with van der Waals surface area (Å²) >= 11 is 1.80. The van der Waals surface area contributed by atoms with Crippen LogP contribution in [0.25, 0.3) is 0 Å². The summed E-state index contributed by atoms with van der Waals surface area (Å²) in [6, 6.07) is 8.07. The Hall–Kier alpha value is -1.20. The molecule has 0 aliphatic carbocycles. The third-order valence-corrected chi connectivity index (χ3v) is 3.96. The summed E-state index contributed by atoms with van der Waals surface area (Å²) in [6.45, 7) is 6.93. The minimum atomic E-state index is -0.138. The maximum Gasteiger partial charge on any atom is 0.317 e. The van der Waals surface area contributed by atoms with E-state index in [-0.39, 0.29) is 18.7 Å². The monoisotopic (exact) mass is 296 g/mol. The normalized spacial score (nSPS) is 12.0. The number of likely N-dealkylation sites (N-methyl/N-ethyl adjacent to an activating group) is 1. The van der Waals surface area contributed by atoms with E-state index in [0.717, 1.165) is 11.3 Å². The van der Waals surface area contributed by atoms with Crippen molar-refractivity contribution in [3.05, 3.63) is 29.8 Å². The number of benzene rings is 1. The number of urea groups is 1. The van der Waals surface area contributed by atoms with Crippen molar-refractivity contribution in [2.75, 3.05) is 25.4 Å². The fourth-order valence-electron chi connectivity index (χ4n) is 1.90. The number of thioether (sulfide) groups is 1. The summed E-state index contributed by atoms with van der Waals surface area (Å²) in [6.07, 6.45) is 0. The largest absolute Gasteiger partial charge is 0.395 e. The molecular formula is C15H24N2O2S. The molecule has 1 aromatic rings. The van der Waals surface area contributed by atoms with Crippen LogP contribution in [0, 0.1) is 0 Å². The first-order valence-electron chi connectivity index (χ1n) is 7.01. The number of carbonyl (C=O) groups is 1. The first-order chi connectivity index (χ1) is 9.62. The third kappa shape index (κ3) is 5.06. The second kappa shape index (κ2) is 8.87. The molecule has 5 heteroatoms. The molecule has 1 aromatic carbocycles. The van der Waals surface area contributed by atoms with Crippen LogP contribution in [0.3, 0.4) is 0 Å². The lowest BCUT2D eigenvalue weighted by Gasteiger charge is -2.23. The van der Waals surface area contributed by atoms with E-state index >= 15 is 0 Å².